The predicted molar refractivity (Wildman–Crippen MR) is 294 cm³/mol. The van der Waals surface area contributed by atoms with Crippen molar-refractivity contribution in [1.29, 1.82) is 0 Å². The van der Waals surface area contributed by atoms with E-state index in [0.29, 0.717) is 85.4 Å². The molecule has 0 saturated heterocycles. The summed E-state index contributed by atoms with van der Waals surface area (Å²) < 4.78 is 20.1. The van der Waals surface area contributed by atoms with E-state index in [2.05, 4.69) is 113 Å². The third-order valence-corrected chi connectivity index (χ3v) is 27.3. The molecule has 3 amide bonds. The van der Waals surface area contributed by atoms with Gasteiger partial charge in [-0.3, -0.25) is 14.4 Å². The highest BCUT2D eigenvalue weighted by molar-refractivity contribution is 6.78. The molecule has 1 aliphatic heterocycles. The van der Waals surface area contributed by atoms with Crippen molar-refractivity contribution in [2.45, 2.75) is 174 Å². The topological polar surface area (TPSA) is 97.4 Å². The van der Waals surface area contributed by atoms with Crippen LogP contribution >= 0.6 is 0 Å². The standard InChI is InChI=1S/C59H87N3O6Si2/c1-43(2)69(44(3)4,45(5)6)67-36-20-26-54-41-61(57(63)40-51-28-31-52-24-16-17-25-53(52)38-51)34-18-19-35-62(56(59(65)60-54)27-21-37-68-70(46(7)8,47(9)10)48(11)12)58(64)39-49-29-32-55(33-30-49)66-42-50-22-14-13-15-23-50/h13-19,22-25,28-33,38,43-48,54,56H,20-21,26-27,34-37,39-42H2,1-12H3,(H,60,65)/b19-18+/t54-,56-/m0/s1. The maximum Gasteiger partial charge on any atom is 0.243 e. The molecule has 1 N–H and O–H groups in total. The summed E-state index contributed by atoms with van der Waals surface area (Å²) >= 11 is 0. The van der Waals surface area contributed by atoms with Gasteiger partial charge in [-0.05, 0) is 98.5 Å². The molecule has 0 saturated carbocycles. The summed E-state index contributed by atoms with van der Waals surface area (Å²) in [4.78, 5) is 47.9. The van der Waals surface area contributed by atoms with Gasteiger partial charge in [0.1, 0.15) is 18.4 Å². The molecule has 0 fully saturated rings. The average Bonchev–Trinajstić information content (AvgIpc) is 3.34. The fraction of sp³-hybridized carbons (Fsp3) is 0.542. The van der Waals surface area contributed by atoms with Crippen molar-refractivity contribution in [1.82, 2.24) is 15.1 Å². The largest absolute Gasteiger partial charge is 0.489 e. The monoisotopic (exact) mass is 990 g/mol. The number of carbonyl (C=O) groups is 3. The van der Waals surface area contributed by atoms with Crippen LogP contribution in [0.1, 0.15) is 125 Å². The Labute approximate surface area is 424 Å². The molecular weight excluding hydrogens is 903 g/mol. The number of ether oxygens (including phenoxy) is 1. The van der Waals surface area contributed by atoms with Gasteiger partial charge < -0.3 is 28.7 Å². The van der Waals surface area contributed by atoms with Crippen LogP contribution in [0.15, 0.2) is 109 Å². The van der Waals surface area contributed by atoms with Gasteiger partial charge in [-0.25, -0.2) is 0 Å². The van der Waals surface area contributed by atoms with Gasteiger partial charge in [0.25, 0.3) is 0 Å². The van der Waals surface area contributed by atoms with Gasteiger partial charge in [-0.2, -0.15) is 0 Å². The number of benzene rings is 4. The summed E-state index contributed by atoms with van der Waals surface area (Å²) in [6.45, 7) is 30.0. The maximum absolute atomic E-state index is 15.1. The van der Waals surface area contributed by atoms with Crippen LogP contribution in [0.4, 0.5) is 0 Å². The van der Waals surface area contributed by atoms with Crippen LogP contribution in [0.3, 0.4) is 0 Å². The zero-order valence-electron chi connectivity index (χ0n) is 44.8. The fourth-order valence-corrected chi connectivity index (χ4v) is 22.7. The lowest BCUT2D eigenvalue weighted by Gasteiger charge is -2.42. The van der Waals surface area contributed by atoms with Crippen LogP contribution in [-0.2, 0) is 42.7 Å². The molecule has 1 heterocycles. The first kappa shape index (κ1) is 56.4. The van der Waals surface area contributed by atoms with Crippen molar-refractivity contribution < 1.29 is 28.0 Å². The summed E-state index contributed by atoms with van der Waals surface area (Å²) in [5, 5.41) is 5.68. The minimum Gasteiger partial charge on any atom is -0.489 e. The second-order valence-corrected chi connectivity index (χ2v) is 32.5. The Hall–Kier alpha value is -4.56. The van der Waals surface area contributed by atoms with Gasteiger partial charge in [-0.1, -0.05) is 180 Å². The molecule has 4 aromatic rings. The quantitative estimate of drug-likeness (QED) is 0.0452. The number of rotatable bonds is 23. The van der Waals surface area contributed by atoms with E-state index in [0.717, 1.165) is 39.6 Å². The molecule has 1 aliphatic rings. The molecule has 11 heteroatoms. The predicted octanol–water partition coefficient (Wildman–Crippen LogP) is 13.2. The van der Waals surface area contributed by atoms with Crippen LogP contribution in [-0.4, -0.2) is 89.1 Å². The minimum absolute atomic E-state index is 0.00791. The maximum atomic E-state index is 15.1. The molecule has 4 aromatic carbocycles. The zero-order valence-corrected chi connectivity index (χ0v) is 46.8. The van der Waals surface area contributed by atoms with Crippen LogP contribution in [0, 0.1) is 0 Å². The van der Waals surface area contributed by atoms with Gasteiger partial charge in [0.2, 0.25) is 17.7 Å². The molecule has 0 bridgehead atoms. The molecular formula is C59H87N3O6Si2. The van der Waals surface area contributed by atoms with E-state index in [4.69, 9.17) is 13.6 Å². The molecule has 0 spiro atoms. The highest BCUT2D eigenvalue weighted by atomic mass is 28.4. The summed E-state index contributed by atoms with van der Waals surface area (Å²) in [5.74, 6) is 0.383. The highest BCUT2D eigenvalue weighted by Crippen LogP contribution is 2.43. The molecule has 9 nitrogen and oxygen atoms in total. The zero-order chi connectivity index (χ0) is 51.0. The first-order valence-corrected chi connectivity index (χ1v) is 30.7. The van der Waals surface area contributed by atoms with Gasteiger partial charge in [0, 0.05) is 38.9 Å². The number of nitrogens with zero attached hydrogens (tertiary/aromatic N) is 2. The second-order valence-electron chi connectivity index (χ2n) is 21.6. The number of carbonyl (C=O) groups excluding carboxylic acids is 3. The van der Waals surface area contributed by atoms with Gasteiger partial charge in [0.15, 0.2) is 16.6 Å². The normalized spacial score (nSPS) is 17.0. The highest BCUT2D eigenvalue weighted by Gasteiger charge is 2.46. The Bertz CT molecular complexity index is 2230. The SMILES string of the molecule is CC(C)[Si](OCCC[C@H]1CN(C(=O)Cc2ccc3ccccc3c2)C/C=C/CN(C(=O)Cc2ccc(OCc3ccccc3)cc2)[C@@H](CCCO[Si](C(C)C)(C(C)C)C(C)C)C(=O)N1)(C(C)C)C(C)C. The van der Waals surface area contributed by atoms with Crippen molar-refractivity contribution >= 4 is 45.1 Å². The lowest BCUT2D eigenvalue weighted by atomic mass is 10.0. The van der Waals surface area contributed by atoms with E-state index in [1.54, 1.807) is 4.90 Å². The first-order chi connectivity index (χ1) is 33.4. The molecule has 2 atom stereocenters. The number of hydrogen-bond acceptors (Lipinski definition) is 6. The van der Waals surface area contributed by atoms with Crippen molar-refractivity contribution in [2.24, 2.45) is 0 Å². The van der Waals surface area contributed by atoms with Crippen LogP contribution in [0.25, 0.3) is 10.8 Å². The Balaban J connectivity index is 1.44. The van der Waals surface area contributed by atoms with E-state index in [9.17, 15) is 9.59 Å². The van der Waals surface area contributed by atoms with Crippen LogP contribution in [0.5, 0.6) is 5.75 Å². The van der Waals surface area contributed by atoms with Crippen molar-refractivity contribution in [3.8, 4) is 5.75 Å². The van der Waals surface area contributed by atoms with E-state index in [1.807, 2.05) is 89.8 Å². The molecule has 0 aromatic heterocycles. The number of nitrogens with one attached hydrogen (secondary N) is 1. The molecule has 70 heavy (non-hydrogen) atoms. The van der Waals surface area contributed by atoms with Crippen molar-refractivity contribution in [3.05, 3.63) is 126 Å². The van der Waals surface area contributed by atoms with Crippen molar-refractivity contribution in [3.63, 3.8) is 0 Å². The number of amides is 3. The summed E-state index contributed by atoms with van der Waals surface area (Å²) in [5.41, 5.74) is 5.51. The van der Waals surface area contributed by atoms with Gasteiger partial charge in [0.05, 0.1) is 12.8 Å². The van der Waals surface area contributed by atoms with E-state index in [1.165, 1.54) is 0 Å². The first-order valence-electron chi connectivity index (χ1n) is 26.4. The third kappa shape index (κ3) is 14.8. The molecule has 0 radical (unpaired) electrons. The third-order valence-electron chi connectivity index (χ3n) is 15.1. The van der Waals surface area contributed by atoms with E-state index >= 15 is 4.79 Å². The summed E-state index contributed by atoms with van der Waals surface area (Å²) in [6, 6.07) is 31.0. The summed E-state index contributed by atoms with van der Waals surface area (Å²) in [7, 11) is -4.29. The molecule has 5 rings (SSSR count). The van der Waals surface area contributed by atoms with Crippen LogP contribution < -0.4 is 10.1 Å². The molecule has 0 aliphatic carbocycles. The Morgan fingerprint density at radius 3 is 1.69 bits per heavy atom. The van der Waals surface area contributed by atoms with E-state index < -0.39 is 22.7 Å². The molecule has 0 unspecified atom stereocenters. The molecule has 382 valence electrons. The van der Waals surface area contributed by atoms with Gasteiger partial charge in [-0.15, -0.1) is 0 Å². The second kappa shape index (κ2) is 26.8. The summed E-state index contributed by atoms with van der Waals surface area (Å²) in [6.07, 6.45) is 6.75. The minimum atomic E-state index is -2.17. The Morgan fingerprint density at radius 1 is 0.586 bits per heavy atom. The lowest BCUT2D eigenvalue weighted by Crippen LogP contribution is -2.54. The number of fused-ring (bicyclic) bond motifs is 1. The fourth-order valence-electron chi connectivity index (χ4n) is 11.7. The Kier molecular flexibility index (Phi) is 21.6. The smallest absolute Gasteiger partial charge is 0.243 e. The van der Waals surface area contributed by atoms with E-state index in [-0.39, 0.29) is 43.1 Å². The Morgan fingerprint density at radius 2 is 1.10 bits per heavy atom. The van der Waals surface area contributed by atoms with Crippen molar-refractivity contribution in [2.75, 3.05) is 32.8 Å². The average molecular weight is 991 g/mol. The van der Waals surface area contributed by atoms with Gasteiger partial charge >= 0.3 is 0 Å². The number of hydrogen-bond donors (Lipinski definition) is 1. The van der Waals surface area contributed by atoms with Crippen LogP contribution in [0.2, 0.25) is 33.2 Å². The lowest BCUT2D eigenvalue weighted by molar-refractivity contribution is -0.140.